The molecule has 0 aromatic rings. The van der Waals surface area contributed by atoms with E-state index >= 15 is 0 Å². The molecule has 0 bridgehead atoms. The van der Waals surface area contributed by atoms with E-state index in [2.05, 4.69) is 0 Å². The molecular formula is C31H66Cl4N8O8. The molecule has 4 aliphatic rings. The topological polar surface area (TPSA) is 357 Å². The van der Waals surface area contributed by atoms with E-state index in [0.29, 0.717) is 51.4 Å². The first-order valence-corrected chi connectivity index (χ1v) is 16.8. The van der Waals surface area contributed by atoms with Crippen molar-refractivity contribution in [3.8, 4) is 0 Å². The van der Waals surface area contributed by atoms with E-state index in [9.17, 15) is 34.5 Å². The van der Waals surface area contributed by atoms with Gasteiger partial charge in [0.15, 0.2) is 0 Å². The zero-order valence-corrected chi connectivity index (χ0v) is 32.7. The van der Waals surface area contributed by atoms with E-state index in [0.717, 1.165) is 64.2 Å². The van der Waals surface area contributed by atoms with Crippen LogP contribution in [0.5, 0.6) is 0 Å². The number of rotatable bonds is 8. The van der Waals surface area contributed by atoms with Gasteiger partial charge in [0.25, 0.3) is 0 Å². The maximum absolute atomic E-state index is 10.9. The highest BCUT2D eigenvalue weighted by atomic mass is 35.5. The Kier molecular flexibility index (Phi) is 28.4. The first-order valence-electron chi connectivity index (χ1n) is 16.8. The molecule has 306 valence electrons. The van der Waals surface area contributed by atoms with Crippen LogP contribution in [0.3, 0.4) is 0 Å². The number of primary amides is 4. The molecule has 4 atom stereocenters. The molecule has 4 fully saturated rings. The minimum Gasteiger partial charge on any atom is -0.381 e. The highest BCUT2D eigenvalue weighted by Gasteiger charge is 2.48. The highest BCUT2D eigenvalue weighted by Crippen LogP contribution is 2.35. The normalized spacial score (nSPS) is 22.9. The van der Waals surface area contributed by atoms with Crippen LogP contribution in [-0.4, -0.2) is 90.6 Å². The minimum absolute atomic E-state index is 0. The summed E-state index contributed by atoms with van der Waals surface area (Å²) in [5.41, 5.74) is 40.0. The smallest absolute Gasteiger partial charge is 0.248 e. The number of aliphatic hydroxyl groups excluding tert-OH is 4. The zero-order valence-electron chi connectivity index (χ0n) is 29.4. The standard InChI is InChI=1S/C10H20N2O2.C9H18N2O2.C7H14N2O2.C5H10N2O2.4ClH/c11-9(14)8(13)10(12)6-4-2-1-3-5-7-10;10-8(13)7(12)9(11)5-3-1-2-4-6-9;8-6(11)5(10)7(9)3-1-2-4-7;6-4(9)3(8)5(7)1-2-5;;;;/h8,13H,1-7,12H2,(H2,11,14);7,12H,1-6,11H2,(H2,10,13);5,10H,1-4,9H2,(H2,8,11);3,8H,1-2,7H2,(H2,6,9);4*1H. The molecule has 4 amide bonds. The summed E-state index contributed by atoms with van der Waals surface area (Å²) in [5, 5.41) is 37.4. The Morgan fingerprint density at radius 2 is 0.471 bits per heavy atom. The summed E-state index contributed by atoms with van der Waals surface area (Å²) in [5.74, 6) is -2.85. The predicted octanol–water partition coefficient (Wildman–Crippen LogP) is -0.726. The van der Waals surface area contributed by atoms with Gasteiger partial charge in [0, 0.05) is 0 Å². The zero-order chi connectivity index (χ0) is 36.1. The molecule has 0 aliphatic heterocycles. The number of amides is 4. The molecule has 4 aliphatic carbocycles. The molecule has 20 heteroatoms. The fourth-order valence-electron chi connectivity index (χ4n) is 6.35. The van der Waals surface area contributed by atoms with Crippen LogP contribution in [0.4, 0.5) is 0 Å². The van der Waals surface area contributed by atoms with Gasteiger partial charge in [-0.25, -0.2) is 0 Å². The lowest BCUT2D eigenvalue weighted by Crippen LogP contribution is -2.56. The third-order valence-corrected chi connectivity index (χ3v) is 9.94. The van der Waals surface area contributed by atoms with Gasteiger partial charge in [-0.1, -0.05) is 70.6 Å². The van der Waals surface area contributed by atoms with Crippen molar-refractivity contribution in [2.45, 2.75) is 169 Å². The van der Waals surface area contributed by atoms with E-state index in [-0.39, 0.29) is 49.6 Å². The Morgan fingerprint density at radius 1 is 0.333 bits per heavy atom. The molecule has 4 rings (SSSR count). The summed E-state index contributed by atoms with van der Waals surface area (Å²) in [7, 11) is 0. The molecule has 51 heavy (non-hydrogen) atoms. The molecule has 20 N–H and O–H groups in total. The first kappa shape index (κ1) is 56.5. The summed E-state index contributed by atoms with van der Waals surface area (Å²) in [6, 6.07) is 0. The second-order valence-electron chi connectivity index (χ2n) is 14.0. The first-order chi connectivity index (χ1) is 21.7. The Hall–Kier alpha value is -1.28. The number of hydrogen-bond donors (Lipinski definition) is 12. The van der Waals surface area contributed by atoms with Crippen molar-refractivity contribution in [1.29, 1.82) is 0 Å². The highest BCUT2D eigenvalue weighted by molar-refractivity contribution is 5.86. The SMILES string of the molecule is Cl.Cl.Cl.Cl.NC(=O)C(O)C1(N)CC1.NC(=O)C(O)C1(N)CCCC1.NC(=O)C(O)C1(N)CCCCCC1.NC(=O)C(O)C1(N)CCCCCCC1. The third kappa shape index (κ3) is 18.5. The molecule has 0 saturated heterocycles. The molecule has 16 nitrogen and oxygen atoms in total. The van der Waals surface area contributed by atoms with Crippen LogP contribution in [0.1, 0.15) is 122 Å². The molecule has 0 aromatic heterocycles. The van der Waals surface area contributed by atoms with Gasteiger partial charge >= 0.3 is 0 Å². The van der Waals surface area contributed by atoms with Gasteiger partial charge in [-0.15, -0.1) is 49.6 Å². The lowest BCUT2D eigenvalue weighted by Gasteiger charge is -2.34. The number of carbonyl (C=O) groups excluding carboxylic acids is 4. The van der Waals surface area contributed by atoms with Crippen LogP contribution in [0.15, 0.2) is 0 Å². The molecule has 0 heterocycles. The van der Waals surface area contributed by atoms with Gasteiger partial charge in [0.05, 0.1) is 22.2 Å². The Balaban J connectivity index is -0.000000284. The summed E-state index contributed by atoms with van der Waals surface area (Å²) in [6.07, 6.45) is 12.4. The van der Waals surface area contributed by atoms with E-state index < -0.39 is 70.2 Å². The van der Waals surface area contributed by atoms with Crippen LogP contribution < -0.4 is 45.9 Å². The molecular weight excluding hydrogens is 754 g/mol. The van der Waals surface area contributed by atoms with Gasteiger partial charge in [0.1, 0.15) is 24.4 Å². The van der Waals surface area contributed by atoms with Crippen molar-refractivity contribution in [3.05, 3.63) is 0 Å². The lowest BCUT2D eigenvalue weighted by atomic mass is 9.80. The van der Waals surface area contributed by atoms with Crippen LogP contribution in [0.25, 0.3) is 0 Å². The summed E-state index contributed by atoms with van der Waals surface area (Å²) < 4.78 is 0. The van der Waals surface area contributed by atoms with Crippen LogP contribution in [0, 0.1) is 0 Å². The Bertz CT molecular complexity index is 1030. The maximum atomic E-state index is 10.9. The number of nitrogens with two attached hydrogens (primary N) is 8. The molecule has 4 saturated carbocycles. The largest absolute Gasteiger partial charge is 0.381 e. The monoisotopic (exact) mass is 818 g/mol. The van der Waals surface area contributed by atoms with E-state index in [4.69, 9.17) is 51.0 Å². The van der Waals surface area contributed by atoms with Gasteiger partial charge in [-0.3, -0.25) is 19.2 Å². The average Bonchev–Trinajstić information content (AvgIpc) is 3.67. The van der Waals surface area contributed by atoms with Crippen LogP contribution in [-0.2, 0) is 19.2 Å². The lowest BCUT2D eigenvalue weighted by molar-refractivity contribution is -0.130. The Labute approximate surface area is 326 Å². The second-order valence-corrected chi connectivity index (χ2v) is 14.0. The van der Waals surface area contributed by atoms with Crippen molar-refractivity contribution in [1.82, 2.24) is 0 Å². The fourth-order valence-corrected chi connectivity index (χ4v) is 6.35. The van der Waals surface area contributed by atoms with Crippen molar-refractivity contribution in [2.24, 2.45) is 45.9 Å². The van der Waals surface area contributed by atoms with E-state index in [1.165, 1.54) is 6.42 Å². The van der Waals surface area contributed by atoms with Gasteiger partial charge in [-0.2, -0.15) is 0 Å². The molecule has 0 radical (unpaired) electrons. The van der Waals surface area contributed by atoms with E-state index in [1.54, 1.807) is 0 Å². The number of hydrogen-bond acceptors (Lipinski definition) is 12. The van der Waals surface area contributed by atoms with Crippen LogP contribution in [0.2, 0.25) is 0 Å². The average molecular weight is 821 g/mol. The molecule has 0 spiro atoms. The van der Waals surface area contributed by atoms with Gasteiger partial charge in [-0.05, 0) is 51.4 Å². The number of carbonyl (C=O) groups is 4. The summed E-state index contributed by atoms with van der Waals surface area (Å²) in [4.78, 5) is 42.6. The van der Waals surface area contributed by atoms with Gasteiger partial charge < -0.3 is 66.3 Å². The summed E-state index contributed by atoms with van der Waals surface area (Å²) in [6.45, 7) is 0. The summed E-state index contributed by atoms with van der Waals surface area (Å²) >= 11 is 0. The number of aliphatic hydroxyl groups is 4. The van der Waals surface area contributed by atoms with Crippen molar-refractivity contribution in [3.63, 3.8) is 0 Å². The van der Waals surface area contributed by atoms with Crippen molar-refractivity contribution < 1.29 is 39.6 Å². The number of halogens is 4. The minimum atomic E-state index is -1.19. The predicted molar refractivity (Wildman–Crippen MR) is 205 cm³/mol. The van der Waals surface area contributed by atoms with Crippen molar-refractivity contribution >= 4 is 73.3 Å². The van der Waals surface area contributed by atoms with Crippen LogP contribution >= 0.6 is 49.6 Å². The maximum Gasteiger partial charge on any atom is 0.248 e. The molecule has 0 aromatic carbocycles. The van der Waals surface area contributed by atoms with Crippen molar-refractivity contribution in [2.75, 3.05) is 0 Å². The molecule has 4 unspecified atom stereocenters. The van der Waals surface area contributed by atoms with Gasteiger partial charge in [0.2, 0.25) is 23.6 Å². The fraction of sp³-hybridized carbons (Fsp3) is 0.871. The Morgan fingerprint density at radius 3 is 0.627 bits per heavy atom. The third-order valence-electron chi connectivity index (χ3n) is 9.94. The second kappa shape index (κ2) is 25.7. The quantitative estimate of drug-likeness (QED) is 0.135. The van der Waals surface area contributed by atoms with E-state index in [1.807, 2.05) is 0 Å².